The quantitative estimate of drug-likeness (QED) is 0.711. The van der Waals surface area contributed by atoms with Gasteiger partial charge in [0, 0.05) is 18.0 Å². The van der Waals surface area contributed by atoms with E-state index >= 15 is 0 Å². The molecule has 0 fully saturated rings. The number of pyridine rings is 1. The summed E-state index contributed by atoms with van der Waals surface area (Å²) in [5.74, 6) is -0.444. The highest BCUT2D eigenvalue weighted by molar-refractivity contribution is 5.79. The van der Waals surface area contributed by atoms with E-state index in [-0.39, 0.29) is 17.6 Å². The molecule has 0 spiro atoms. The molecule has 0 atom stereocenters. The van der Waals surface area contributed by atoms with Crippen LogP contribution < -0.4 is 11.3 Å². The summed E-state index contributed by atoms with van der Waals surface area (Å²) in [7, 11) is 0. The van der Waals surface area contributed by atoms with Gasteiger partial charge in [-0.1, -0.05) is 0 Å². The van der Waals surface area contributed by atoms with Crippen LogP contribution in [0.2, 0.25) is 0 Å². The number of hydrogen-bond acceptors (Lipinski definition) is 2. The molecule has 0 amide bonds. The van der Waals surface area contributed by atoms with Gasteiger partial charge in [-0.3, -0.25) is 4.79 Å². The first-order chi connectivity index (χ1) is 6.70. The number of halogens is 1. The van der Waals surface area contributed by atoms with Crippen molar-refractivity contribution >= 4 is 10.9 Å². The summed E-state index contributed by atoms with van der Waals surface area (Å²) in [5, 5.41) is 0.657. The van der Waals surface area contributed by atoms with Crippen LogP contribution in [0.4, 0.5) is 4.39 Å². The van der Waals surface area contributed by atoms with Gasteiger partial charge in [0.2, 0.25) is 5.56 Å². The summed E-state index contributed by atoms with van der Waals surface area (Å²) >= 11 is 0. The minimum Gasteiger partial charge on any atom is -0.326 e. The highest BCUT2D eigenvalue weighted by atomic mass is 19.1. The second-order valence-corrected chi connectivity index (χ2v) is 3.07. The van der Waals surface area contributed by atoms with E-state index in [1.807, 2.05) is 0 Å². The van der Waals surface area contributed by atoms with E-state index in [9.17, 15) is 9.18 Å². The van der Waals surface area contributed by atoms with Gasteiger partial charge in [-0.15, -0.1) is 0 Å². The molecule has 0 aliphatic rings. The summed E-state index contributed by atoms with van der Waals surface area (Å²) < 4.78 is 13.4. The Balaban J connectivity index is 2.83. The van der Waals surface area contributed by atoms with E-state index in [4.69, 9.17) is 5.73 Å². The van der Waals surface area contributed by atoms with Crippen molar-refractivity contribution in [1.29, 1.82) is 0 Å². The van der Waals surface area contributed by atoms with Gasteiger partial charge >= 0.3 is 0 Å². The molecule has 0 bridgehead atoms. The molecule has 2 aromatic rings. The van der Waals surface area contributed by atoms with Crippen molar-refractivity contribution in [3.63, 3.8) is 0 Å². The van der Waals surface area contributed by atoms with Gasteiger partial charge < -0.3 is 10.7 Å². The molecule has 0 unspecified atom stereocenters. The van der Waals surface area contributed by atoms with Crippen molar-refractivity contribution in [2.45, 2.75) is 6.54 Å². The third kappa shape index (κ3) is 1.40. The highest BCUT2D eigenvalue weighted by Crippen LogP contribution is 2.16. The van der Waals surface area contributed by atoms with Crippen LogP contribution in [-0.2, 0) is 6.54 Å². The van der Waals surface area contributed by atoms with Crippen molar-refractivity contribution in [2.75, 3.05) is 0 Å². The lowest BCUT2D eigenvalue weighted by Crippen LogP contribution is -2.05. The summed E-state index contributed by atoms with van der Waals surface area (Å²) in [6, 6.07) is 6.03. The van der Waals surface area contributed by atoms with Crippen LogP contribution in [0, 0.1) is 5.82 Å². The average Bonchev–Trinajstić information content (AvgIpc) is 2.19. The van der Waals surface area contributed by atoms with Crippen LogP contribution in [0.5, 0.6) is 0 Å². The number of aromatic nitrogens is 1. The lowest BCUT2D eigenvalue weighted by molar-refractivity contribution is 0.634. The fourth-order valence-electron chi connectivity index (χ4n) is 1.40. The predicted molar refractivity (Wildman–Crippen MR) is 52.4 cm³/mol. The Labute approximate surface area is 79.4 Å². The topological polar surface area (TPSA) is 58.9 Å². The summed E-state index contributed by atoms with van der Waals surface area (Å²) in [6.45, 7) is 0.284. The molecular formula is C10H9FN2O. The number of fused-ring (bicyclic) bond motifs is 1. The molecular weight excluding hydrogens is 183 g/mol. The Hall–Kier alpha value is -1.68. The number of benzene rings is 1. The minimum absolute atomic E-state index is 0.231. The molecule has 3 N–H and O–H groups in total. The van der Waals surface area contributed by atoms with Gasteiger partial charge in [0.15, 0.2) is 0 Å². The van der Waals surface area contributed by atoms with E-state index in [2.05, 4.69) is 4.98 Å². The highest BCUT2D eigenvalue weighted by Gasteiger charge is 2.03. The van der Waals surface area contributed by atoms with Crippen LogP contribution in [0.15, 0.2) is 29.1 Å². The second kappa shape index (κ2) is 3.23. The van der Waals surface area contributed by atoms with Crippen molar-refractivity contribution in [1.82, 2.24) is 4.98 Å². The summed E-state index contributed by atoms with van der Waals surface area (Å²) in [5.41, 5.74) is 6.03. The van der Waals surface area contributed by atoms with Crippen molar-refractivity contribution in [3.8, 4) is 0 Å². The average molecular weight is 192 g/mol. The third-order valence-electron chi connectivity index (χ3n) is 2.08. The summed E-state index contributed by atoms with van der Waals surface area (Å²) in [6.07, 6.45) is 0. The van der Waals surface area contributed by atoms with Crippen molar-refractivity contribution in [3.05, 3.63) is 46.0 Å². The Morgan fingerprint density at radius 1 is 1.36 bits per heavy atom. The first-order valence-corrected chi connectivity index (χ1v) is 4.22. The van der Waals surface area contributed by atoms with E-state index in [1.54, 1.807) is 12.1 Å². The number of H-pyrrole nitrogens is 1. The third-order valence-corrected chi connectivity index (χ3v) is 2.08. The van der Waals surface area contributed by atoms with Gasteiger partial charge in [-0.25, -0.2) is 4.39 Å². The fourth-order valence-corrected chi connectivity index (χ4v) is 1.40. The van der Waals surface area contributed by atoms with Gasteiger partial charge in [0.1, 0.15) is 5.82 Å². The zero-order chi connectivity index (χ0) is 10.1. The molecule has 0 saturated carbocycles. The van der Waals surface area contributed by atoms with Crippen LogP contribution in [0.25, 0.3) is 10.9 Å². The number of nitrogens with one attached hydrogen (secondary N) is 1. The van der Waals surface area contributed by atoms with Crippen LogP contribution >= 0.6 is 0 Å². The van der Waals surface area contributed by atoms with E-state index in [0.717, 1.165) is 0 Å². The van der Waals surface area contributed by atoms with Crippen molar-refractivity contribution < 1.29 is 4.39 Å². The predicted octanol–water partition coefficient (Wildman–Crippen LogP) is 1.13. The summed E-state index contributed by atoms with van der Waals surface area (Å²) in [4.78, 5) is 13.4. The molecule has 0 radical (unpaired) electrons. The van der Waals surface area contributed by atoms with Gasteiger partial charge in [0.25, 0.3) is 0 Å². The molecule has 4 heteroatoms. The fraction of sp³-hybridized carbons (Fsp3) is 0.100. The first-order valence-electron chi connectivity index (χ1n) is 4.22. The molecule has 1 heterocycles. The maximum Gasteiger partial charge on any atom is 0.248 e. The largest absolute Gasteiger partial charge is 0.326 e. The van der Waals surface area contributed by atoms with E-state index in [0.29, 0.717) is 10.9 Å². The Bertz CT molecular complexity index is 533. The zero-order valence-corrected chi connectivity index (χ0v) is 7.38. The monoisotopic (exact) mass is 192 g/mol. The zero-order valence-electron chi connectivity index (χ0n) is 7.38. The van der Waals surface area contributed by atoms with E-state index < -0.39 is 5.82 Å². The SMILES string of the molecule is NCc1cc(F)c2[nH]c(=O)ccc2c1. The number of hydrogen-bond donors (Lipinski definition) is 2. The second-order valence-electron chi connectivity index (χ2n) is 3.07. The first kappa shape index (κ1) is 8.90. The van der Waals surface area contributed by atoms with Crippen LogP contribution in [0.1, 0.15) is 5.56 Å². The molecule has 0 saturated heterocycles. The smallest absolute Gasteiger partial charge is 0.248 e. The standard InChI is InChI=1S/C10H9FN2O/c11-8-4-6(5-12)3-7-1-2-9(14)13-10(7)8/h1-4H,5,12H2,(H,13,14). The number of rotatable bonds is 1. The maximum atomic E-state index is 13.4. The molecule has 3 nitrogen and oxygen atoms in total. The normalized spacial score (nSPS) is 10.7. The van der Waals surface area contributed by atoms with Crippen LogP contribution in [-0.4, -0.2) is 4.98 Å². The molecule has 72 valence electrons. The lowest BCUT2D eigenvalue weighted by Gasteiger charge is -2.02. The van der Waals surface area contributed by atoms with Crippen molar-refractivity contribution in [2.24, 2.45) is 5.73 Å². The Kier molecular flexibility index (Phi) is 2.05. The van der Waals surface area contributed by atoms with Gasteiger partial charge in [-0.2, -0.15) is 0 Å². The Morgan fingerprint density at radius 2 is 2.14 bits per heavy atom. The number of nitrogens with two attached hydrogens (primary N) is 1. The number of aromatic amines is 1. The molecule has 1 aromatic heterocycles. The molecule has 14 heavy (non-hydrogen) atoms. The van der Waals surface area contributed by atoms with Gasteiger partial charge in [-0.05, 0) is 23.8 Å². The van der Waals surface area contributed by atoms with Gasteiger partial charge in [0.05, 0.1) is 5.52 Å². The minimum atomic E-state index is -0.444. The molecule has 0 aliphatic carbocycles. The molecule has 0 aliphatic heterocycles. The molecule has 2 rings (SSSR count). The van der Waals surface area contributed by atoms with Crippen LogP contribution in [0.3, 0.4) is 0 Å². The lowest BCUT2D eigenvalue weighted by atomic mass is 10.1. The van der Waals surface area contributed by atoms with E-state index in [1.165, 1.54) is 12.1 Å². The Morgan fingerprint density at radius 3 is 2.86 bits per heavy atom. The maximum absolute atomic E-state index is 13.4. The molecule has 1 aromatic carbocycles.